The summed E-state index contributed by atoms with van der Waals surface area (Å²) in [7, 11) is 1.63. The molecule has 0 aliphatic heterocycles. The van der Waals surface area contributed by atoms with Gasteiger partial charge in [-0.2, -0.15) is 0 Å². The number of hydrogen-bond donors (Lipinski definition) is 1. The predicted octanol–water partition coefficient (Wildman–Crippen LogP) is 3.80. The first-order valence-corrected chi connectivity index (χ1v) is 7.83. The molecule has 1 aromatic heterocycles. The number of aromatic nitrogens is 1. The van der Waals surface area contributed by atoms with Crippen molar-refractivity contribution in [1.82, 2.24) is 10.3 Å². The molecule has 112 valence electrons. The summed E-state index contributed by atoms with van der Waals surface area (Å²) in [5.41, 5.74) is 4.39. The van der Waals surface area contributed by atoms with Crippen molar-refractivity contribution in [2.45, 2.75) is 13.0 Å². The number of methoxy groups -OCH3 is 1. The fraction of sp³-hybridized carbons (Fsp3) is 0.176. The second-order valence-corrected chi connectivity index (χ2v) is 5.89. The van der Waals surface area contributed by atoms with Gasteiger partial charge in [-0.3, -0.25) is 4.79 Å². The quantitative estimate of drug-likeness (QED) is 0.797. The molecule has 2 aromatic carbocycles. The highest BCUT2D eigenvalue weighted by atomic mass is 32.1. The molecule has 1 amide bonds. The maximum absolute atomic E-state index is 12.4. The zero-order valence-electron chi connectivity index (χ0n) is 12.4. The summed E-state index contributed by atoms with van der Waals surface area (Å²) >= 11 is 1.53. The van der Waals surface area contributed by atoms with E-state index in [1.54, 1.807) is 18.7 Å². The van der Waals surface area contributed by atoms with Crippen molar-refractivity contribution in [3.8, 4) is 5.75 Å². The number of thiazole rings is 1. The number of amides is 1. The number of hydrogen-bond acceptors (Lipinski definition) is 4. The van der Waals surface area contributed by atoms with Crippen molar-refractivity contribution < 1.29 is 9.53 Å². The van der Waals surface area contributed by atoms with Gasteiger partial charge in [0, 0.05) is 5.56 Å². The number of rotatable bonds is 4. The number of nitrogens with one attached hydrogen (secondary N) is 1. The number of carbonyl (C=O) groups is 1. The third-order valence-electron chi connectivity index (χ3n) is 3.56. The van der Waals surface area contributed by atoms with Gasteiger partial charge in [0.25, 0.3) is 5.91 Å². The van der Waals surface area contributed by atoms with Gasteiger partial charge in [0.1, 0.15) is 5.75 Å². The zero-order chi connectivity index (χ0) is 15.5. The summed E-state index contributed by atoms with van der Waals surface area (Å²) in [5, 5.41) is 3.01. The molecule has 0 saturated heterocycles. The fourth-order valence-corrected chi connectivity index (χ4v) is 2.97. The Morgan fingerprint density at radius 2 is 2.00 bits per heavy atom. The lowest BCUT2D eigenvalue weighted by Gasteiger charge is -2.15. The first kappa shape index (κ1) is 14.5. The van der Waals surface area contributed by atoms with Gasteiger partial charge in [0.05, 0.1) is 28.9 Å². The lowest BCUT2D eigenvalue weighted by molar-refractivity contribution is 0.0940. The predicted molar refractivity (Wildman–Crippen MR) is 88.5 cm³/mol. The fourth-order valence-electron chi connectivity index (χ4n) is 2.25. The van der Waals surface area contributed by atoms with E-state index in [2.05, 4.69) is 10.3 Å². The van der Waals surface area contributed by atoms with Gasteiger partial charge in [0.2, 0.25) is 0 Å². The Morgan fingerprint density at radius 3 is 2.73 bits per heavy atom. The van der Waals surface area contributed by atoms with Gasteiger partial charge in [-0.15, -0.1) is 11.3 Å². The van der Waals surface area contributed by atoms with Gasteiger partial charge < -0.3 is 10.1 Å². The Bertz CT molecular complexity index is 796. The van der Waals surface area contributed by atoms with Gasteiger partial charge >= 0.3 is 0 Å². The summed E-state index contributed by atoms with van der Waals surface area (Å²) in [5.74, 6) is 0.719. The minimum absolute atomic E-state index is 0.0736. The van der Waals surface area contributed by atoms with Gasteiger partial charge in [-0.1, -0.05) is 12.1 Å². The van der Waals surface area contributed by atoms with E-state index < -0.39 is 0 Å². The van der Waals surface area contributed by atoms with Crippen LogP contribution in [0.2, 0.25) is 0 Å². The summed E-state index contributed by atoms with van der Waals surface area (Å²) in [6.45, 7) is 1.96. The monoisotopic (exact) mass is 312 g/mol. The third kappa shape index (κ3) is 2.94. The molecule has 0 radical (unpaired) electrons. The van der Waals surface area contributed by atoms with E-state index in [9.17, 15) is 4.79 Å². The molecule has 4 nitrogen and oxygen atoms in total. The van der Waals surface area contributed by atoms with Gasteiger partial charge in [-0.05, 0) is 42.8 Å². The molecule has 1 unspecified atom stereocenters. The summed E-state index contributed by atoms with van der Waals surface area (Å²) in [6.07, 6.45) is 0. The second-order valence-electron chi connectivity index (χ2n) is 5.00. The highest BCUT2D eigenvalue weighted by Crippen LogP contribution is 2.21. The van der Waals surface area contributed by atoms with Gasteiger partial charge in [-0.25, -0.2) is 4.98 Å². The van der Waals surface area contributed by atoms with Crippen LogP contribution < -0.4 is 10.1 Å². The smallest absolute Gasteiger partial charge is 0.251 e. The van der Waals surface area contributed by atoms with Crippen LogP contribution in [-0.2, 0) is 0 Å². The van der Waals surface area contributed by atoms with E-state index >= 15 is 0 Å². The van der Waals surface area contributed by atoms with Crippen molar-refractivity contribution in [3.05, 3.63) is 59.1 Å². The lowest BCUT2D eigenvalue weighted by Crippen LogP contribution is -2.26. The Labute approximate surface area is 132 Å². The number of fused-ring (bicyclic) bond motifs is 1. The van der Waals surface area contributed by atoms with Crippen molar-refractivity contribution >= 4 is 27.5 Å². The van der Waals surface area contributed by atoms with Crippen LogP contribution in [0.3, 0.4) is 0 Å². The zero-order valence-corrected chi connectivity index (χ0v) is 13.2. The molecule has 1 N–H and O–H groups in total. The Morgan fingerprint density at radius 1 is 1.23 bits per heavy atom. The number of benzene rings is 2. The van der Waals surface area contributed by atoms with E-state index in [0.29, 0.717) is 5.56 Å². The molecule has 22 heavy (non-hydrogen) atoms. The molecule has 0 saturated carbocycles. The van der Waals surface area contributed by atoms with E-state index in [4.69, 9.17) is 4.74 Å². The first-order chi connectivity index (χ1) is 10.7. The highest BCUT2D eigenvalue weighted by Gasteiger charge is 2.12. The molecular formula is C17H16N2O2S. The molecule has 1 atom stereocenters. The number of carbonyl (C=O) groups excluding carboxylic acids is 1. The molecular weight excluding hydrogens is 296 g/mol. The number of ether oxygens (including phenoxy) is 1. The summed E-state index contributed by atoms with van der Waals surface area (Å²) in [6, 6.07) is 13.2. The van der Waals surface area contributed by atoms with Gasteiger partial charge in [0.15, 0.2) is 0 Å². The first-order valence-electron chi connectivity index (χ1n) is 6.95. The Balaban J connectivity index is 1.74. The van der Waals surface area contributed by atoms with Crippen LogP contribution >= 0.6 is 11.3 Å². The van der Waals surface area contributed by atoms with Crippen LogP contribution in [0.5, 0.6) is 5.75 Å². The maximum atomic E-state index is 12.4. The standard InChI is InChI=1S/C17H16N2O2S/c1-11(12-3-6-14(21-2)7-4-12)19-17(20)13-5-8-15-16(9-13)22-10-18-15/h3-11H,1-2H3,(H,19,20). The lowest BCUT2D eigenvalue weighted by atomic mass is 10.1. The number of nitrogens with zero attached hydrogens (tertiary/aromatic N) is 1. The van der Waals surface area contributed by atoms with E-state index in [1.807, 2.05) is 43.3 Å². The van der Waals surface area contributed by atoms with Crippen LogP contribution in [0, 0.1) is 0 Å². The average molecular weight is 312 g/mol. The van der Waals surface area contributed by atoms with Crippen molar-refractivity contribution in [3.63, 3.8) is 0 Å². The van der Waals surface area contributed by atoms with Crippen molar-refractivity contribution in [1.29, 1.82) is 0 Å². The highest BCUT2D eigenvalue weighted by molar-refractivity contribution is 7.16. The molecule has 3 rings (SSSR count). The summed E-state index contributed by atoms with van der Waals surface area (Å²) in [4.78, 5) is 16.6. The van der Waals surface area contributed by atoms with E-state index in [1.165, 1.54) is 11.3 Å². The van der Waals surface area contributed by atoms with Crippen LogP contribution in [0.4, 0.5) is 0 Å². The van der Waals surface area contributed by atoms with Crippen LogP contribution in [0.25, 0.3) is 10.2 Å². The Hall–Kier alpha value is -2.40. The minimum Gasteiger partial charge on any atom is -0.497 e. The Kier molecular flexibility index (Phi) is 4.06. The average Bonchev–Trinajstić information content (AvgIpc) is 3.02. The molecule has 5 heteroatoms. The minimum atomic E-state index is -0.0846. The maximum Gasteiger partial charge on any atom is 0.251 e. The molecule has 1 heterocycles. The largest absolute Gasteiger partial charge is 0.497 e. The SMILES string of the molecule is COc1ccc(C(C)NC(=O)c2ccc3ncsc3c2)cc1. The van der Waals surface area contributed by atoms with E-state index in [-0.39, 0.29) is 11.9 Å². The normalized spacial score (nSPS) is 12.1. The molecule has 0 bridgehead atoms. The summed E-state index contributed by atoms with van der Waals surface area (Å²) < 4.78 is 6.16. The molecule has 3 aromatic rings. The topological polar surface area (TPSA) is 51.2 Å². The van der Waals surface area contributed by atoms with Crippen molar-refractivity contribution in [2.24, 2.45) is 0 Å². The van der Waals surface area contributed by atoms with E-state index in [0.717, 1.165) is 21.5 Å². The molecule has 0 fully saturated rings. The van der Waals surface area contributed by atoms with Crippen LogP contribution in [0.15, 0.2) is 48.0 Å². The van der Waals surface area contributed by atoms with Crippen LogP contribution in [-0.4, -0.2) is 18.0 Å². The molecule has 0 spiro atoms. The second kappa shape index (κ2) is 6.15. The molecule has 0 aliphatic carbocycles. The van der Waals surface area contributed by atoms with Crippen LogP contribution in [0.1, 0.15) is 28.9 Å². The third-order valence-corrected chi connectivity index (χ3v) is 4.35. The molecule has 0 aliphatic rings. The van der Waals surface area contributed by atoms with Crippen molar-refractivity contribution in [2.75, 3.05) is 7.11 Å².